The van der Waals surface area contributed by atoms with Crippen molar-refractivity contribution in [2.75, 3.05) is 9.86 Å². The predicted octanol–water partition coefficient (Wildman–Crippen LogP) is 15.5. The van der Waals surface area contributed by atoms with Crippen LogP contribution in [0, 0.1) is 3.57 Å². The van der Waals surface area contributed by atoms with E-state index >= 15 is 0 Å². The molecule has 10 aromatic rings. The van der Waals surface area contributed by atoms with Crippen molar-refractivity contribution >= 4 is 166 Å². The van der Waals surface area contributed by atoms with Gasteiger partial charge in [-0.1, -0.05) is 150 Å². The summed E-state index contributed by atoms with van der Waals surface area (Å²) in [7, 11) is 0. The molecule has 6 aromatic carbocycles. The Hall–Kier alpha value is -2.85. The normalized spacial score (nSPS) is 10.6. The highest BCUT2D eigenvalue weighted by atomic mass is 127. The molecule has 0 aliphatic heterocycles. The number of hydrogen-bond acceptors (Lipinski definition) is 2. The molecular weight excluding hydrogens is 1100 g/mol. The third-order valence-corrected chi connectivity index (χ3v) is 9.80. The molecule has 0 unspecified atom stereocenters. The maximum Gasteiger partial charge on any atom is 0.213 e. The summed E-state index contributed by atoms with van der Waals surface area (Å²) in [5.41, 5.74) is 6.94. The van der Waals surface area contributed by atoms with Gasteiger partial charge in [-0.05, 0) is 105 Å². The molecule has 0 aliphatic rings. The lowest BCUT2D eigenvalue weighted by Crippen LogP contribution is -1.91. The van der Waals surface area contributed by atoms with E-state index in [1.54, 1.807) is 0 Å². The average molecular weight is 1140 g/mol. The van der Waals surface area contributed by atoms with Crippen molar-refractivity contribution in [3.05, 3.63) is 158 Å². The molecular formula is C42H31Br2I3N2O2. The Morgan fingerprint density at radius 2 is 1.06 bits per heavy atom. The highest BCUT2D eigenvalue weighted by Crippen LogP contribution is 2.39. The zero-order valence-corrected chi connectivity index (χ0v) is 37.2. The van der Waals surface area contributed by atoms with Crippen LogP contribution in [0.3, 0.4) is 0 Å². The molecule has 0 fully saturated rings. The fourth-order valence-electron chi connectivity index (χ4n) is 6.07. The maximum absolute atomic E-state index is 6.24. The van der Waals surface area contributed by atoms with E-state index in [0.717, 1.165) is 59.0 Å². The van der Waals surface area contributed by atoms with Gasteiger partial charge in [-0.15, -0.1) is 0 Å². The SMILES string of the molecule is Brc1ccc2c(c1)oc1[nH]c3ccccc3c12.Brc1ccc2c(c1)oc1c2c2ccccc2n1-c1ccccc1.CI.CI.Ic1ccccc1. The number of rotatable bonds is 1. The van der Waals surface area contributed by atoms with Gasteiger partial charge in [0.15, 0.2) is 0 Å². The number of nitrogens with zero attached hydrogens (tertiary/aromatic N) is 1. The van der Waals surface area contributed by atoms with E-state index in [-0.39, 0.29) is 0 Å². The number of alkyl halides is 2. The Labute approximate surface area is 353 Å². The molecule has 1 N–H and O–H groups in total. The highest BCUT2D eigenvalue weighted by molar-refractivity contribution is 14.1. The van der Waals surface area contributed by atoms with Crippen LogP contribution >= 0.6 is 99.6 Å². The van der Waals surface area contributed by atoms with Gasteiger partial charge >= 0.3 is 0 Å². The number of furan rings is 2. The van der Waals surface area contributed by atoms with Crippen LogP contribution in [0.4, 0.5) is 0 Å². The number of halogens is 5. The lowest BCUT2D eigenvalue weighted by molar-refractivity contribution is 0.645. The summed E-state index contributed by atoms with van der Waals surface area (Å²) < 4.78 is 17.6. The van der Waals surface area contributed by atoms with Crippen LogP contribution in [0.2, 0.25) is 0 Å². The molecule has 0 saturated carbocycles. The minimum absolute atomic E-state index is 0.847. The van der Waals surface area contributed by atoms with E-state index in [4.69, 9.17) is 8.83 Å². The predicted molar refractivity (Wildman–Crippen MR) is 251 cm³/mol. The monoisotopic (exact) mass is 1130 g/mol. The molecule has 10 rings (SSSR count). The summed E-state index contributed by atoms with van der Waals surface area (Å²) in [5, 5.41) is 7.07. The lowest BCUT2D eigenvalue weighted by atomic mass is 10.1. The van der Waals surface area contributed by atoms with Gasteiger partial charge in [0.2, 0.25) is 11.4 Å². The fourth-order valence-corrected chi connectivity index (χ4v) is 7.17. The van der Waals surface area contributed by atoms with Crippen LogP contribution in [0.15, 0.2) is 163 Å². The quantitative estimate of drug-likeness (QED) is 0.132. The Morgan fingerprint density at radius 3 is 1.69 bits per heavy atom. The van der Waals surface area contributed by atoms with Gasteiger partial charge in [-0.2, -0.15) is 0 Å². The van der Waals surface area contributed by atoms with Crippen LogP contribution in [0.25, 0.3) is 71.6 Å². The van der Waals surface area contributed by atoms with Gasteiger partial charge in [0, 0.05) is 45.3 Å². The summed E-state index contributed by atoms with van der Waals surface area (Å²) in [6.07, 6.45) is 0. The number of aromatic nitrogens is 2. The van der Waals surface area contributed by atoms with E-state index in [2.05, 4.69) is 200 Å². The average Bonchev–Trinajstić information content (AvgIpc) is 3.91. The second kappa shape index (κ2) is 17.8. The molecule has 0 atom stereocenters. The van der Waals surface area contributed by atoms with Gasteiger partial charge in [-0.25, -0.2) is 0 Å². The number of benzene rings is 6. The maximum atomic E-state index is 6.24. The minimum Gasteiger partial charge on any atom is -0.440 e. The van der Waals surface area contributed by atoms with Crippen LogP contribution in [0.1, 0.15) is 0 Å². The Kier molecular flexibility index (Phi) is 13.2. The van der Waals surface area contributed by atoms with Crippen molar-refractivity contribution in [3.8, 4) is 5.69 Å². The van der Waals surface area contributed by atoms with Crippen molar-refractivity contribution in [2.24, 2.45) is 0 Å². The summed E-state index contributed by atoms with van der Waals surface area (Å²) in [6, 6.07) is 49.6. The van der Waals surface area contributed by atoms with Gasteiger partial charge in [0.05, 0.1) is 16.3 Å². The van der Waals surface area contributed by atoms with E-state index in [0.29, 0.717) is 0 Å². The number of H-pyrrole nitrogens is 1. The smallest absolute Gasteiger partial charge is 0.213 e. The summed E-state index contributed by atoms with van der Waals surface area (Å²) >= 11 is 13.6. The first kappa shape index (κ1) is 37.9. The molecule has 0 saturated heterocycles. The third-order valence-electron chi connectivity index (χ3n) is 8.10. The first-order valence-electron chi connectivity index (χ1n) is 15.8. The molecule has 4 heterocycles. The molecule has 0 spiro atoms. The van der Waals surface area contributed by atoms with E-state index in [1.807, 2.05) is 64.5 Å². The van der Waals surface area contributed by atoms with Gasteiger partial charge in [-0.3, -0.25) is 4.57 Å². The number of fused-ring (bicyclic) bond motifs is 10. The molecule has 0 radical (unpaired) electrons. The molecule has 4 aromatic heterocycles. The second-order valence-electron chi connectivity index (χ2n) is 11.0. The number of nitrogens with one attached hydrogen (secondary N) is 1. The molecule has 51 heavy (non-hydrogen) atoms. The van der Waals surface area contributed by atoms with E-state index in [1.165, 1.54) is 25.1 Å². The fraction of sp³-hybridized carbons (Fsp3) is 0.0476. The van der Waals surface area contributed by atoms with Crippen LogP contribution in [-0.2, 0) is 0 Å². The summed E-state index contributed by atoms with van der Waals surface area (Å²) in [5.74, 6) is 0. The van der Waals surface area contributed by atoms with Gasteiger partial charge in [0.25, 0.3) is 0 Å². The van der Waals surface area contributed by atoms with Crippen molar-refractivity contribution in [1.29, 1.82) is 0 Å². The molecule has 0 bridgehead atoms. The number of aromatic amines is 1. The highest BCUT2D eigenvalue weighted by Gasteiger charge is 2.19. The van der Waals surface area contributed by atoms with Crippen molar-refractivity contribution in [3.63, 3.8) is 0 Å². The van der Waals surface area contributed by atoms with Crippen LogP contribution < -0.4 is 0 Å². The van der Waals surface area contributed by atoms with Crippen molar-refractivity contribution < 1.29 is 8.83 Å². The Morgan fingerprint density at radius 1 is 0.529 bits per heavy atom. The lowest BCUT2D eigenvalue weighted by Gasteiger charge is -2.05. The van der Waals surface area contributed by atoms with Gasteiger partial charge < -0.3 is 13.8 Å². The first-order chi connectivity index (χ1) is 25.0. The Balaban J connectivity index is 0.000000140. The molecule has 4 nitrogen and oxygen atoms in total. The Bertz CT molecular complexity index is 2680. The molecule has 0 aliphatic carbocycles. The zero-order valence-electron chi connectivity index (χ0n) is 27.5. The van der Waals surface area contributed by atoms with Crippen molar-refractivity contribution in [1.82, 2.24) is 9.55 Å². The molecule has 256 valence electrons. The second-order valence-corrected chi connectivity index (χ2v) is 14.1. The standard InChI is InChI=1S/C20H12BrNO.C14H8BrNO.C6H5I.2CH3I/c21-13-10-11-16-18(12-13)23-20-19(16)15-8-4-5-9-17(15)22(20)14-6-2-1-3-7-14;15-8-5-6-10-12(7-8)17-14-13(10)9-3-1-2-4-11(9)16-14;7-6-4-2-1-3-5-6;2*1-2/h1-12H;1-7,16H;1-5H;2*1H3. The molecule has 9 heteroatoms. The topological polar surface area (TPSA) is 47.0 Å². The molecule has 0 amide bonds. The van der Waals surface area contributed by atoms with Gasteiger partial charge in [0.1, 0.15) is 11.2 Å². The van der Waals surface area contributed by atoms with Crippen molar-refractivity contribution in [2.45, 2.75) is 0 Å². The zero-order chi connectivity index (χ0) is 35.9. The number of para-hydroxylation sites is 3. The summed E-state index contributed by atoms with van der Waals surface area (Å²) in [6.45, 7) is 0. The summed E-state index contributed by atoms with van der Waals surface area (Å²) in [4.78, 5) is 7.24. The minimum atomic E-state index is 0.847. The van der Waals surface area contributed by atoms with Crippen LogP contribution in [-0.4, -0.2) is 19.4 Å². The van der Waals surface area contributed by atoms with E-state index in [9.17, 15) is 0 Å². The number of hydrogen-bond donors (Lipinski definition) is 1. The van der Waals surface area contributed by atoms with Crippen LogP contribution in [0.5, 0.6) is 0 Å². The van der Waals surface area contributed by atoms with E-state index < -0.39 is 0 Å². The largest absolute Gasteiger partial charge is 0.440 e. The third kappa shape index (κ3) is 8.07. The first-order valence-corrected chi connectivity index (χ1v) is 22.7.